The molecule has 1 aromatic rings. The van der Waals surface area contributed by atoms with Crippen LogP contribution in [0, 0.1) is 5.92 Å². The van der Waals surface area contributed by atoms with Gasteiger partial charge in [-0.05, 0) is 61.7 Å². The van der Waals surface area contributed by atoms with Gasteiger partial charge in [-0.25, -0.2) is 4.98 Å². The van der Waals surface area contributed by atoms with E-state index in [2.05, 4.69) is 25.3 Å². The smallest absolute Gasteiger partial charge is 0.144 e. The molecule has 0 aromatic carbocycles. The van der Waals surface area contributed by atoms with Gasteiger partial charge in [-0.1, -0.05) is 16.9 Å². The molecule has 1 heterocycles. The third-order valence-electron chi connectivity index (χ3n) is 3.17. The Labute approximate surface area is 126 Å². The van der Waals surface area contributed by atoms with E-state index in [-0.39, 0.29) is 4.75 Å². The highest BCUT2D eigenvalue weighted by Crippen LogP contribution is 2.32. The molecule has 0 unspecified atom stereocenters. The SMILES string of the molecule is CC(C)(C)[S@@+]([O-])/N=C(/c1cccc(Br)n1)C1CCC1. The molecule has 5 heteroatoms. The minimum atomic E-state index is -1.23. The molecule has 1 aliphatic rings. The second-order valence-corrected chi connectivity index (χ2v) is 8.53. The average Bonchev–Trinajstić information content (AvgIpc) is 2.24. The van der Waals surface area contributed by atoms with Crippen molar-refractivity contribution < 1.29 is 4.55 Å². The molecular weight excluding hydrogens is 324 g/mol. The Balaban J connectivity index is 2.33. The van der Waals surface area contributed by atoms with Gasteiger partial charge in [-0.15, -0.1) is 0 Å². The summed E-state index contributed by atoms with van der Waals surface area (Å²) in [5.41, 5.74) is 1.75. The lowest BCUT2D eigenvalue weighted by Crippen LogP contribution is -2.30. The van der Waals surface area contributed by atoms with Crippen molar-refractivity contribution in [1.29, 1.82) is 0 Å². The van der Waals surface area contributed by atoms with E-state index in [0.717, 1.165) is 28.9 Å². The van der Waals surface area contributed by atoms with Gasteiger partial charge in [0, 0.05) is 5.92 Å². The van der Waals surface area contributed by atoms with Crippen molar-refractivity contribution >= 4 is 33.0 Å². The maximum atomic E-state index is 12.3. The zero-order chi connectivity index (χ0) is 14.0. The summed E-state index contributed by atoms with van der Waals surface area (Å²) in [5, 5.41) is 0. The predicted octanol–water partition coefficient (Wildman–Crippen LogP) is 3.90. The van der Waals surface area contributed by atoms with E-state index in [1.165, 1.54) is 6.42 Å². The number of nitrogens with zero attached hydrogens (tertiary/aromatic N) is 2. The molecular formula is C14H19BrN2OS. The molecule has 1 aromatic heterocycles. The molecule has 0 spiro atoms. The fraction of sp³-hybridized carbons (Fsp3) is 0.571. The van der Waals surface area contributed by atoms with Crippen LogP contribution in [-0.2, 0) is 11.4 Å². The third-order valence-corrected chi connectivity index (χ3v) is 5.03. The van der Waals surface area contributed by atoms with E-state index >= 15 is 0 Å². The van der Waals surface area contributed by atoms with Crippen molar-refractivity contribution in [3.8, 4) is 0 Å². The van der Waals surface area contributed by atoms with E-state index in [0.29, 0.717) is 5.92 Å². The predicted molar refractivity (Wildman–Crippen MR) is 83.7 cm³/mol. The fourth-order valence-corrected chi connectivity index (χ4v) is 2.83. The van der Waals surface area contributed by atoms with E-state index < -0.39 is 11.4 Å². The standard InChI is InChI=1S/C14H19BrN2OS/c1-14(2,3)19(18)17-13(10-6-4-7-10)11-8-5-9-12(15)16-11/h5,8-10H,4,6-7H2,1-3H3/b17-13+/t19-/m1/s1. The Morgan fingerprint density at radius 1 is 1.42 bits per heavy atom. The number of halogens is 1. The van der Waals surface area contributed by atoms with Gasteiger partial charge in [-0.2, -0.15) is 0 Å². The zero-order valence-electron chi connectivity index (χ0n) is 11.5. The van der Waals surface area contributed by atoms with Crippen LogP contribution in [0.5, 0.6) is 0 Å². The molecule has 0 saturated heterocycles. The first kappa shape index (κ1) is 15.0. The Morgan fingerprint density at radius 2 is 2.11 bits per heavy atom. The number of rotatable bonds is 3. The number of hydrogen-bond donors (Lipinski definition) is 0. The monoisotopic (exact) mass is 342 g/mol. The summed E-state index contributed by atoms with van der Waals surface area (Å²) >= 11 is 2.15. The van der Waals surface area contributed by atoms with E-state index in [1.807, 2.05) is 39.0 Å². The summed E-state index contributed by atoms with van der Waals surface area (Å²) in [6, 6.07) is 5.78. The molecule has 0 amide bonds. The van der Waals surface area contributed by atoms with Crippen molar-refractivity contribution in [2.45, 2.75) is 44.8 Å². The first-order chi connectivity index (χ1) is 8.88. The van der Waals surface area contributed by atoms with Gasteiger partial charge in [0.05, 0.1) is 5.69 Å². The molecule has 1 atom stereocenters. The molecule has 1 saturated carbocycles. The van der Waals surface area contributed by atoms with Crippen LogP contribution in [0.4, 0.5) is 0 Å². The van der Waals surface area contributed by atoms with Crippen molar-refractivity contribution in [2.75, 3.05) is 0 Å². The minimum absolute atomic E-state index is 0.332. The molecule has 3 nitrogen and oxygen atoms in total. The van der Waals surface area contributed by atoms with Gasteiger partial charge in [-0.3, -0.25) is 0 Å². The second kappa shape index (κ2) is 5.94. The van der Waals surface area contributed by atoms with Crippen LogP contribution in [0.1, 0.15) is 45.7 Å². The van der Waals surface area contributed by atoms with Gasteiger partial charge >= 0.3 is 0 Å². The van der Waals surface area contributed by atoms with Crippen molar-refractivity contribution in [3.63, 3.8) is 0 Å². The van der Waals surface area contributed by atoms with Crippen LogP contribution in [0.2, 0.25) is 0 Å². The summed E-state index contributed by atoms with van der Waals surface area (Å²) in [6.45, 7) is 5.83. The molecule has 19 heavy (non-hydrogen) atoms. The van der Waals surface area contributed by atoms with Crippen molar-refractivity contribution in [3.05, 3.63) is 28.5 Å². The largest absolute Gasteiger partial charge is 0.591 e. The fourth-order valence-electron chi connectivity index (χ4n) is 1.79. The molecule has 0 aliphatic heterocycles. The Bertz CT molecular complexity index is 481. The molecule has 104 valence electrons. The zero-order valence-corrected chi connectivity index (χ0v) is 13.9. The quantitative estimate of drug-likeness (QED) is 0.475. The molecule has 1 fully saturated rings. The van der Waals surface area contributed by atoms with Crippen LogP contribution >= 0.6 is 15.9 Å². The van der Waals surface area contributed by atoms with Crippen LogP contribution in [0.15, 0.2) is 27.2 Å². The van der Waals surface area contributed by atoms with Gasteiger partial charge < -0.3 is 4.55 Å². The number of aromatic nitrogens is 1. The Hall–Kier alpha value is -0.390. The van der Waals surface area contributed by atoms with Crippen LogP contribution < -0.4 is 0 Å². The summed E-state index contributed by atoms with van der Waals surface area (Å²) in [5.74, 6) is 0.410. The number of hydrogen-bond acceptors (Lipinski definition) is 3. The summed E-state index contributed by atoms with van der Waals surface area (Å²) < 4.78 is 17.2. The summed E-state index contributed by atoms with van der Waals surface area (Å²) in [7, 11) is 0. The van der Waals surface area contributed by atoms with E-state index in [9.17, 15) is 4.55 Å². The van der Waals surface area contributed by atoms with Gasteiger partial charge in [0.1, 0.15) is 26.4 Å². The van der Waals surface area contributed by atoms with Crippen molar-refractivity contribution in [1.82, 2.24) is 4.98 Å². The average molecular weight is 343 g/mol. The first-order valence-corrected chi connectivity index (χ1v) is 8.41. The molecule has 2 rings (SSSR count). The highest BCUT2D eigenvalue weighted by atomic mass is 79.9. The minimum Gasteiger partial charge on any atom is -0.591 e. The van der Waals surface area contributed by atoms with Crippen LogP contribution in [0.3, 0.4) is 0 Å². The lowest BCUT2D eigenvalue weighted by atomic mass is 9.80. The lowest BCUT2D eigenvalue weighted by molar-refractivity contribution is 0.413. The van der Waals surface area contributed by atoms with Gasteiger partial charge in [0.2, 0.25) is 0 Å². The lowest BCUT2D eigenvalue weighted by Gasteiger charge is -2.27. The Morgan fingerprint density at radius 3 is 2.58 bits per heavy atom. The highest BCUT2D eigenvalue weighted by Gasteiger charge is 2.32. The molecule has 1 aliphatic carbocycles. The third kappa shape index (κ3) is 3.80. The maximum Gasteiger partial charge on any atom is 0.144 e. The molecule has 0 bridgehead atoms. The molecule has 0 N–H and O–H groups in total. The maximum absolute atomic E-state index is 12.3. The highest BCUT2D eigenvalue weighted by molar-refractivity contribution is 9.10. The van der Waals surface area contributed by atoms with Gasteiger partial charge in [0.15, 0.2) is 0 Å². The Kier molecular flexibility index (Phi) is 4.69. The first-order valence-electron chi connectivity index (χ1n) is 6.51. The number of pyridine rings is 1. The normalized spacial score (nSPS) is 19.1. The van der Waals surface area contributed by atoms with Crippen LogP contribution in [-0.4, -0.2) is 20.0 Å². The van der Waals surface area contributed by atoms with E-state index in [1.54, 1.807) is 0 Å². The topological polar surface area (TPSA) is 48.3 Å². The van der Waals surface area contributed by atoms with E-state index in [4.69, 9.17) is 0 Å². The van der Waals surface area contributed by atoms with Crippen LogP contribution in [0.25, 0.3) is 0 Å². The summed E-state index contributed by atoms with van der Waals surface area (Å²) in [4.78, 5) is 4.46. The van der Waals surface area contributed by atoms with Gasteiger partial charge in [0.25, 0.3) is 0 Å². The second-order valence-electron chi connectivity index (χ2n) is 5.81. The van der Waals surface area contributed by atoms with Crippen molar-refractivity contribution in [2.24, 2.45) is 10.3 Å². The summed E-state index contributed by atoms with van der Waals surface area (Å²) in [6.07, 6.45) is 3.46. The molecule has 0 radical (unpaired) electrons.